The molecule has 1 N–H and O–H groups in total. The first-order chi connectivity index (χ1) is 11.5. The van der Waals surface area contributed by atoms with Crippen LogP contribution in [0.3, 0.4) is 0 Å². The molecule has 2 saturated heterocycles. The summed E-state index contributed by atoms with van der Waals surface area (Å²) in [6.07, 6.45) is 4.44. The van der Waals surface area contributed by atoms with Crippen molar-refractivity contribution in [2.45, 2.75) is 38.0 Å². The largest absolute Gasteiger partial charge is 0.417 e. The first-order valence-corrected chi connectivity index (χ1v) is 8.12. The smallest absolute Gasteiger partial charge is 0.388 e. The Hall–Kier alpha value is -1.96. The molecule has 0 unspecified atom stereocenters. The minimum atomic E-state index is -2.91. The number of amides is 2. The molecular weight excluding hydrogens is 318 g/mol. The molecule has 3 rings (SSSR count). The van der Waals surface area contributed by atoms with Gasteiger partial charge in [-0.15, -0.1) is 0 Å². The second kappa shape index (κ2) is 6.88. The van der Waals surface area contributed by atoms with Gasteiger partial charge >= 0.3 is 12.6 Å². The van der Waals surface area contributed by atoms with E-state index in [0.29, 0.717) is 5.56 Å². The topological polar surface area (TPSA) is 57.7 Å². The normalized spacial score (nSPS) is 20.1. The minimum absolute atomic E-state index is 0.00121. The van der Waals surface area contributed by atoms with Gasteiger partial charge in [0.1, 0.15) is 0 Å². The lowest BCUT2D eigenvalue weighted by molar-refractivity contribution is -0.0529. The molecule has 8 heteroatoms. The molecule has 2 fully saturated rings. The van der Waals surface area contributed by atoms with Crippen LogP contribution in [0.25, 0.3) is 0 Å². The van der Waals surface area contributed by atoms with Crippen LogP contribution in [0, 0.1) is 0 Å². The van der Waals surface area contributed by atoms with E-state index in [9.17, 15) is 13.6 Å². The van der Waals surface area contributed by atoms with Crippen LogP contribution in [0.15, 0.2) is 18.3 Å². The summed E-state index contributed by atoms with van der Waals surface area (Å²) in [5, 5.41) is 2.87. The Morgan fingerprint density at radius 1 is 1.38 bits per heavy atom. The van der Waals surface area contributed by atoms with Gasteiger partial charge in [-0.1, -0.05) is 0 Å². The molecule has 3 heterocycles. The number of aromatic nitrogens is 1. The molecule has 0 aliphatic carbocycles. The van der Waals surface area contributed by atoms with Crippen LogP contribution in [0.5, 0.6) is 5.88 Å². The molecule has 0 atom stereocenters. The first-order valence-electron chi connectivity index (χ1n) is 8.12. The molecule has 2 amide bonds. The molecule has 2 aliphatic rings. The van der Waals surface area contributed by atoms with Crippen molar-refractivity contribution in [3.8, 4) is 5.88 Å². The van der Waals surface area contributed by atoms with E-state index >= 15 is 0 Å². The third-order valence-electron chi connectivity index (χ3n) is 4.99. The van der Waals surface area contributed by atoms with Gasteiger partial charge in [-0.05, 0) is 37.9 Å². The highest BCUT2D eigenvalue weighted by molar-refractivity contribution is 5.76. The van der Waals surface area contributed by atoms with Crippen molar-refractivity contribution in [3.63, 3.8) is 0 Å². The SMILES string of the molecule is CN1CCC2(CC1)CCN2C(=O)NCc1ccnc(OC(F)F)c1. The van der Waals surface area contributed by atoms with Crippen molar-refractivity contribution < 1.29 is 18.3 Å². The average molecular weight is 340 g/mol. The summed E-state index contributed by atoms with van der Waals surface area (Å²) >= 11 is 0. The Labute approximate surface area is 139 Å². The van der Waals surface area contributed by atoms with Gasteiger partial charge in [0, 0.05) is 44.0 Å². The van der Waals surface area contributed by atoms with Crippen molar-refractivity contribution in [3.05, 3.63) is 23.9 Å². The van der Waals surface area contributed by atoms with E-state index in [2.05, 4.69) is 27.0 Å². The fraction of sp³-hybridized carbons (Fsp3) is 0.625. The molecule has 1 aromatic rings. The molecular formula is C16H22F2N4O2. The maximum atomic E-state index is 12.5. The lowest BCUT2D eigenvalue weighted by Crippen LogP contribution is -2.67. The van der Waals surface area contributed by atoms with Crippen LogP contribution < -0.4 is 10.1 Å². The molecule has 6 nitrogen and oxygen atoms in total. The standard InChI is InChI=1S/C16H22F2N4O2/c1-21-7-3-16(4-8-21)5-9-22(16)15(23)20-11-12-2-6-19-13(10-12)24-14(17)18/h2,6,10,14H,3-5,7-9,11H2,1H3,(H,20,23). The Kier molecular flexibility index (Phi) is 4.84. The highest BCUT2D eigenvalue weighted by atomic mass is 19.3. The van der Waals surface area contributed by atoms with E-state index in [1.54, 1.807) is 6.07 Å². The van der Waals surface area contributed by atoms with Crippen molar-refractivity contribution in [2.75, 3.05) is 26.7 Å². The number of ether oxygens (including phenoxy) is 1. The van der Waals surface area contributed by atoms with Gasteiger partial charge < -0.3 is 19.9 Å². The number of halogens is 2. The number of likely N-dealkylation sites (tertiary alicyclic amines) is 2. The number of carbonyl (C=O) groups excluding carboxylic acids is 1. The van der Waals surface area contributed by atoms with Gasteiger partial charge in [0.05, 0.1) is 0 Å². The number of hydrogen-bond acceptors (Lipinski definition) is 4. The summed E-state index contributed by atoms with van der Waals surface area (Å²) < 4.78 is 28.7. The molecule has 24 heavy (non-hydrogen) atoms. The van der Waals surface area contributed by atoms with E-state index in [0.717, 1.165) is 38.9 Å². The Morgan fingerprint density at radius 3 is 2.71 bits per heavy atom. The van der Waals surface area contributed by atoms with Crippen molar-refractivity contribution in [1.29, 1.82) is 0 Å². The van der Waals surface area contributed by atoms with Crippen LogP contribution in [0.1, 0.15) is 24.8 Å². The maximum absolute atomic E-state index is 12.5. The fourth-order valence-corrected chi connectivity index (χ4v) is 3.40. The van der Waals surface area contributed by atoms with Gasteiger partial charge in [0.25, 0.3) is 0 Å². The highest BCUT2D eigenvalue weighted by Crippen LogP contribution is 2.39. The predicted molar refractivity (Wildman–Crippen MR) is 83.9 cm³/mol. The van der Waals surface area contributed by atoms with Gasteiger partial charge in [0.2, 0.25) is 5.88 Å². The molecule has 132 valence electrons. The summed E-state index contributed by atoms with van der Waals surface area (Å²) in [6.45, 7) is 0.122. The number of urea groups is 1. The Morgan fingerprint density at radius 2 is 2.08 bits per heavy atom. The number of pyridine rings is 1. The molecule has 0 saturated carbocycles. The second-order valence-electron chi connectivity index (χ2n) is 6.47. The number of alkyl halides is 2. The number of nitrogens with one attached hydrogen (secondary N) is 1. The molecule has 1 spiro atoms. The highest BCUT2D eigenvalue weighted by Gasteiger charge is 2.48. The van der Waals surface area contributed by atoms with Crippen molar-refractivity contribution >= 4 is 6.03 Å². The fourth-order valence-electron chi connectivity index (χ4n) is 3.40. The molecule has 2 aliphatic heterocycles. The lowest BCUT2D eigenvalue weighted by Gasteiger charge is -2.56. The Bertz CT molecular complexity index is 591. The maximum Gasteiger partial charge on any atom is 0.388 e. The molecule has 0 aromatic carbocycles. The third kappa shape index (κ3) is 3.58. The quantitative estimate of drug-likeness (QED) is 0.912. The summed E-state index contributed by atoms with van der Waals surface area (Å²) in [5.41, 5.74) is 0.672. The minimum Gasteiger partial charge on any atom is -0.417 e. The average Bonchev–Trinajstić information content (AvgIpc) is 2.52. The number of nitrogens with zero attached hydrogens (tertiary/aromatic N) is 3. The second-order valence-corrected chi connectivity index (χ2v) is 6.47. The molecule has 1 aromatic heterocycles. The van der Waals surface area contributed by atoms with Crippen molar-refractivity contribution in [1.82, 2.24) is 20.1 Å². The zero-order valence-corrected chi connectivity index (χ0v) is 13.7. The number of carbonyl (C=O) groups is 1. The summed E-state index contributed by atoms with van der Waals surface area (Å²) in [7, 11) is 2.10. The number of hydrogen-bond donors (Lipinski definition) is 1. The monoisotopic (exact) mass is 340 g/mol. The summed E-state index contributed by atoms with van der Waals surface area (Å²) in [5.74, 6) is -0.146. The summed E-state index contributed by atoms with van der Waals surface area (Å²) in [4.78, 5) is 20.4. The van der Waals surface area contributed by atoms with E-state index in [-0.39, 0.29) is 24.0 Å². The van der Waals surface area contributed by atoms with Gasteiger partial charge in [-0.25, -0.2) is 9.78 Å². The zero-order valence-electron chi connectivity index (χ0n) is 13.7. The van der Waals surface area contributed by atoms with E-state index < -0.39 is 6.61 Å². The van der Waals surface area contributed by atoms with Crippen LogP contribution in [-0.4, -0.2) is 59.6 Å². The number of piperidine rings is 1. The molecule has 0 bridgehead atoms. The van der Waals surface area contributed by atoms with Crippen LogP contribution in [0.4, 0.5) is 13.6 Å². The lowest BCUT2D eigenvalue weighted by atomic mass is 9.77. The predicted octanol–water partition coefficient (Wildman–Crippen LogP) is 2.06. The zero-order chi connectivity index (χ0) is 17.2. The van der Waals surface area contributed by atoms with Gasteiger partial charge in [-0.3, -0.25) is 0 Å². The van der Waals surface area contributed by atoms with Crippen LogP contribution >= 0.6 is 0 Å². The van der Waals surface area contributed by atoms with Crippen LogP contribution in [0.2, 0.25) is 0 Å². The van der Waals surface area contributed by atoms with Crippen molar-refractivity contribution in [2.24, 2.45) is 0 Å². The number of rotatable bonds is 4. The molecule has 0 radical (unpaired) electrons. The van der Waals surface area contributed by atoms with E-state index in [1.807, 2.05) is 4.90 Å². The van der Waals surface area contributed by atoms with Crippen LogP contribution in [-0.2, 0) is 6.54 Å². The van der Waals surface area contributed by atoms with E-state index in [4.69, 9.17) is 0 Å². The van der Waals surface area contributed by atoms with E-state index in [1.165, 1.54) is 12.3 Å². The Balaban J connectivity index is 1.54. The first kappa shape index (κ1) is 16.9. The third-order valence-corrected chi connectivity index (χ3v) is 4.99. The van der Waals surface area contributed by atoms with Gasteiger partial charge in [-0.2, -0.15) is 8.78 Å². The summed E-state index contributed by atoms with van der Waals surface area (Å²) in [6, 6.07) is 2.98. The van der Waals surface area contributed by atoms with Gasteiger partial charge in [0.15, 0.2) is 0 Å².